The fraction of sp³-hybridized carbons (Fsp3) is 0.789. The Bertz CT molecular complexity index is 559. The molecule has 0 aliphatic rings. The molecule has 0 aliphatic heterocycles. The number of carbonyl (C=O) groups excluding carboxylic acids is 3. The Morgan fingerprint density at radius 1 is 1.03 bits per heavy atom. The van der Waals surface area contributed by atoms with E-state index in [-0.39, 0.29) is 24.8 Å². The maximum atomic E-state index is 12.5. The van der Waals surface area contributed by atoms with Gasteiger partial charge in [-0.05, 0) is 36.7 Å². The lowest BCUT2D eigenvalue weighted by Gasteiger charge is -2.23. The SMILES string of the molecule is CCC(C)C(N)C(=O)NC(CCSC)C(=O)NCC(=O)NC(CC(C)C)C(=O)O. The van der Waals surface area contributed by atoms with E-state index in [2.05, 4.69) is 16.0 Å². The molecule has 0 fully saturated rings. The van der Waals surface area contributed by atoms with Crippen molar-refractivity contribution in [2.24, 2.45) is 17.6 Å². The van der Waals surface area contributed by atoms with Gasteiger partial charge in [-0.2, -0.15) is 11.8 Å². The number of thioether (sulfide) groups is 1. The molecule has 0 radical (unpaired) electrons. The fourth-order valence-electron chi connectivity index (χ4n) is 2.51. The van der Waals surface area contributed by atoms with Crippen molar-refractivity contribution in [3.8, 4) is 0 Å². The molecule has 0 heterocycles. The van der Waals surface area contributed by atoms with Gasteiger partial charge in [-0.1, -0.05) is 34.1 Å². The van der Waals surface area contributed by atoms with Crippen molar-refractivity contribution >= 4 is 35.5 Å². The molecule has 0 spiro atoms. The molecule has 0 aromatic rings. The smallest absolute Gasteiger partial charge is 0.326 e. The van der Waals surface area contributed by atoms with Crippen molar-refractivity contribution in [1.29, 1.82) is 0 Å². The van der Waals surface area contributed by atoms with Crippen molar-refractivity contribution in [2.45, 2.75) is 65.1 Å². The lowest BCUT2D eigenvalue weighted by Crippen LogP contribution is -2.54. The van der Waals surface area contributed by atoms with Crippen LogP contribution in [0.3, 0.4) is 0 Å². The van der Waals surface area contributed by atoms with Crippen LogP contribution in [0.5, 0.6) is 0 Å². The van der Waals surface area contributed by atoms with Gasteiger partial charge in [0.25, 0.3) is 0 Å². The van der Waals surface area contributed by atoms with Crippen molar-refractivity contribution in [1.82, 2.24) is 16.0 Å². The molecule has 10 heteroatoms. The summed E-state index contributed by atoms with van der Waals surface area (Å²) >= 11 is 1.53. The molecule has 4 unspecified atom stereocenters. The van der Waals surface area contributed by atoms with Gasteiger partial charge < -0.3 is 26.8 Å². The van der Waals surface area contributed by atoms with Crippen LogP contribution < -0.4 is 21.7 Å². The molecule has 3 amide bonds. The van der Waals surface area contributed by atoms with Gasteiger partial charge >= 0.3 is 5.97 Å². The van der Waals surface area contributed by atoms with Crippen LogP contribution in [0.25, 0.3) is 0 Å². The van der Waals surface area contributed by atoms with Crippen LogP contribution in [-0.4, -0.2) is 65.5 Å². The first kappa shape index (κ1) is 27.2. The number of hydrogen-bond acceptors (Lipinski definition) is 6. The van der Waals surface area contributed by atoms with E-state index in [1.54, 1.807) is 0 Å². The van der Waals surface area contributed by atoms with E-state index in [4.69, 9.17) is 5.73 Å². The number of nitrogens with one attached hydrogen (secondary N) is 3. The second-order valence-electron chi connectivity index (χ2n) is 7.56. The summed E-state index contributed by atoms with van der Waals surface area (Å²) in [5.74, 6) is -1.94. The van der Waals surface area contributed by atoms with Gasteiger partial charge in [-0.15, -0.1) is 0 Å². The summed E-state index contributed by atoms with van der Waals surface area (Å²) in [6.07, 6.45) is 3.29. The highest BCUT2D eigenvalue weighted by molar-refractivity contribution is 7.98. The first-order valence-electron chi connectivity index (χ1n) is 9.88. The average molecular weight is 433 g/mol. The van der Waals surface area contributed by atoms with E-state index in [0.29, 0.717) is 12.2 Å². The molecule has 0 rings (SSSR count). The topological polar surface area (TPSA) is 151 Å². The summed E-state index contributed by atoms with van der Waals surface area (Å²) in [6, 6.07) is -2.55. The number of rotatable bonds is 14. The molecule has 0 aromatic heterocycles. The van der Waals surface area contributed by atoms with E-state index < -0.39 is 41.8 Å². The minimum Gasteiger partial charge on any atom is -0.480 e. The Labute approximate surface area is 177 Å². The predicted octanol–water partition coefficient (Wildman–Crippen LogP) is 0.329. The van der Waals surface area contributed by atoms with Crippen molar-refractivity contribution in [3.05, 3.63) is 0 Å². The summed E-state index contributed by atoms with van der Waals surface area (Å²) < 4.78 is 0. The molecule has 0 aromatic carbocycles. The number of carbonyl (C=O) groups is 4. The molecular weight excluding hydrogens is 396 g/mol. The van der Waals surface area contributed by atoms with Crippen LogP contribution in [0.4, 0.5) is 0 Å². The maximum Gasteiger partial charge on any atom is 0.326 e. The summed E-state index contributed by atoms with van der Waals surface area (Å²) in [5, 5.41) is 16.7. The highest BCUT2D eigenvalue weighted by atomic mass is 32.2. The molecule has 6 N–H and O–H groups in total. The monoisotopic (exact) mass is 432 g/mol. The van der Waals surface area contributed by atoms with Gasteiger partial charge in [0.2, 0.25) is 17.7 Å². The van der Waals surface area contributed by atoms with Gasteiger partial charge in [0.1, 0.15) is 12.1 Å². The maximum absolute atomic E-state index is 12.5. The van der Waals surface area contributed by atoms with Crippen LogP contribution in [0.1, 0.15) is 47.0 Å². The Balaban J connectivity index is 4.82. The minimum atomic E-state index is -1.12. The van der Waals surface area contributed by atoms with Crippen molar-refractivity contribution in [2.75, 3.05) is 18.6 Å². The molecule has 0 bridgehead atoms. The van der Waals surface area contributed by atoms with Crippen LogP contribution in [-0.2, 0) is 19.2 Å². The first-order chi connectivity index (χ1) is 13.5. The number of amides is 3. The number of aliphatic carboxylic acids is 1. The fourth-order valence-corrected chi connectivity index (χ4v) is 2.99. The molecule has 0 aliphatic carbocycles. The Kier molecular flexibility index (Phi) is 13.3. The van der Waals surface area contributed by atoms with Gasteiger partial charge in [0, 0.05) is 0 Å². The standard InChI is InChI=1S/C19H36N4O5S/c1-6-12(4)16(20)18(26)23-13(7-8-29-5)17(25)21-10-15(24)22-14(19(27)28)9-11(2)3/h11-14,16H,6-10,20H2,1-5H3,(H,21,25)(H,22,24)(H,23,26)(H,27,28). The summed E-state index contributed by atoms with van der Waals surface area (Å²) in [4.78, 5) is 48.1. The number of hydrogen-bond donors (Lipinski definition) is 5. The zero-order valence-electron chi connectivity index (χ0n) is 18.0. The highest BCUT2D eigenvalue weighted by Gasteiger charge is 2.26. The number of carboxylic acid groups (broad SMARTS) is 1. The van der Waals surface area contributed by atoms with Gasteiger partial charge in [-0.3, -0.25) is 14.4 Å². The quantitative estimate of drug-likeness (QED) is 0.265. The van der Waals surface area contributed by atoms with E-state index in [1.165, 1.54) is 11.8 Å². The normalized spacial score (nSPS) is 15.1. The second-order valence-corrected chi connectivity index (χ2v) is 8.55. The Hall–Kier alpha value is -1.81. The third-order valence-corrected chi connectivity index (χ3v) is 5.21. The van der Waals surface area contributed by atoms with Gasteiger partial charge in [-0.25, -0.2) is 4.79 Å². The zero-order valence-corrected chi connectivity index (χ0v) is 18.8. The van der Waals surface area contributed by atoms with Gasteiger partial charge in [0.15, 0.2) is 0 Å². The van der Waals surface area contributed by atoms with Crippen LogP contribution >= 0.6 is 11.8 Å². The van der Waals surface area contributed by atoms with E-state index in [0.717, 1.165) is 6.42 Å². The lowest BCUT2D eigenvalue weighted by atomic mass is 9.99. The molecule has 168 valence electrons. The van der Waals surface area contributed by atoms with Crippen LogP contribution in [0.15, 0.2) is 0 Å². The Morgan fingerprint density at radius 3 is 2.14 bits per heavy atom. The molecule has 9 nitrogen and oxygen atoms in total. The third-order valence-electron chi connectivity index (χ3n) is 4.57. The summed E-state index contributed by atoms with van der Waals surface area (Å²) in [5.41, 5.74) is 5.92. The average Bonchev–Trinajstić information content (AvgIpc) is 2.66. The highest BCUT2D eigenvalue weighted by Crippen LogP contribution is 2.07. The van der Waals surface area contributed by atoms with Crippen molar-refractivity contribution in [3.63, 3.8) is 0 Å². The Morgan fingerprint density at radius 2 is 1.66 bits per heavy atom. The van der Waals surface area contributed by atoms with Crippen molar-refractivity contribution < 1.29 is 24.3 Å². The summed E-state index contributed by atoms with van der Waals surface area (Å²) in [7, 11) is 0. The lowest BCUT2D eigenvalue weighted by molar-refractivity contribution is -0.142. The zero-order chi connectivity index (χ0) is 22.6. The molecule has 4 atom stereocenters. The minimum absolute atomic E-state index is 0.0288. The van der Waals surface area contributed by atoms with E-state index in [1.807, 2.05) is 34.0 Å². The molecule has 0 saturated carbocycles. The largest absolute Gasteiger partial charge is 0.480 e. The van der Waals surface area contributed by atoms with Gasteiger partial charge in [0.05, 0.1) is 12.6 Å². The van der Waals surface area contributed by atoms with E-state index >= 15 is 0 Å². The number of carboxylic acids is 1. The first-order valence-corrected chi connectivity index (χ1v) is 11.3. The third kappa shape index (κ3) is 11.1. The molecule has 0 saturated heterocycles. The summed E-state index contributed by atoms with van der Waals surface area (Å²) in [6.45, 7) is 7.13. The predicted molar refractivity (Wildman–Crippen MR) is 114 cm³/mol. The van der Waals surface area contributed by atoms with Crippen LogP contribution in [0.2, 0.25) is 0 Å². The number of nitrogens with two attached hydrogens (primary N) is 1. The molecular formula is C19H36N4O5S. The van der Waals surface area contributed by atoms with E-state index in [9.17, 15) is 24.3 Å². The second kappa shape index (κ2) is 14.2. The molecule has 29 heavy (non-hydrogen) atoms. The van der Waals surface area contributed by atoms with Crippen LogP contribution in [0, 0.1) is 11.8 Å².